The number of hydrogen-bond acceptors (Lipinski definition) is 4. The molecule has 2 rings (SSSR count). The number of aryl methyl sites for hydroxylation is 1. The number of methoxy groups -OCH3 is 1. The molecule has 1 amide bonds. The van der Waals surface area contributed by atoms with Crippen LogP contribution in [0.1, 0.15) is 16.3 Å². The highest BCUT2D eigenvalue weighted by atomic mass is 35.5. The Bertz CT molecular complexity index is 615. The molecule has 0 spiro atoms. The minimum absolute atomic E-state index is 0.525. The van der Waals surface area contributed by atoms with Gasteiger partial charge < -0.3 is 9.64 Å². The van der Waals surface area contributed by atoms with E-state index in [9.17, 15) is 4.79 Å². The van der Waals surface area contributed by atoms with Crippen molar-refractivity contribution in [3.63, 3.8) is 0 Å². The van der Waals surface area contributed by atoms with Gasteiger partial charge in [0, 0.05) is 30.6 Å². The van der Waals surface area contributed by atoms with Gasteiger partial charge in [0.1, 0.15) is 5.75 Å². The first-order valence-electron chi connectivity index (χ1n) is 6.55. The summed E-state index contributed by atoms with van der Waals surface area (Å²) >= 11 is 7.72. The van der Waals surface area contributed by atoms with Crippen LogP contribution in [-0.4, -0.2) is 29.9 Å². The van der Waals surface area contributed by atoms with Crippen molar-refractivity contribution >= 4 is 29.3 Å². The third-order valence-corrected chi connectivity index (χ3v) is 4.35. The normalized spacial score (nSPS) is 10.4. The minimum Gasteiger partial charge on any atom is -0.495 e. The number of rotatable bonds is 7. The van der Waals surface area contributed by atoms with Crippen LogP contribution in [0, 0.1) is 6.92 Å². The Kier molecular flexibility index (Phi) is 5.59. The van der Waals surface area contributed by atoms with Gasteiger partial charge in [0.05, 0.1) is 17.1 Å². The molecular formula is C15H17ClN2O2S. The molecule has 6 heteroatoms. The molecule has 0 aliphatic rings. The second-order valence-corrected chi connectivity index (χ2v) is 6.03. The molecule has 0 aliphatic heterocycles. The van der Waals surface area contributed by atoms with Gasteiger partial charge in [-0.1, -0.05) is 17.7 Å². The lowest BCUT2D eigenvalue weighted by atomic mass is 10.2. The van der Waals surface area contributed by atoms with E-state index in [0.29, 0.717) is 23.9 Å². The van der Waals surface area contributed by atoms with Crippen LogP contribution in [0.5, 0.6) is 5.75 Å². The first kappa shape index (κ1) is 15.8. The molecule has 0 saturated carbocycles. The number of ether oxygens (including phenoxy) is 1. The molecule has 1 aromatic carbocycles. The van der Waals surface area contributed by atoms with E-state index < -0.39 is 0 Å². The first-order valence-corrected chi connectivity index (χ1v) is 7.81. The molecule has 112 valence electrons. The van der Waals surface area contributed by atoms with Crippen LogP contribution in [0.25, 0.3) is 0 Å². The molecule has 0 unspecified atom stereocenters. The molecule has 0 fully saturated rings. The number of nitrogens with zero attached hydrogens (tertiary/aromatic N) is 2. The van der Waals surface area contributed by atoms with E-state index in [1.807, 2.05) is 30.5 Å². The summed E-state index contributed by atoms with van der Waals surface area (Å²) in [6, 6.07) is 5.55. The van der Waals surface area contributed by atoms with Gasteiger partial charge in [-0.3, -0.25) is 4.79 Å². The molecule has 0 atom stereocenters. The molecule has 4 nitrogen and oxygen atoms in total. The monoisotopic (exact) mass is 324 g/mol. The van der Waals surface area contributed by atoms with E-state index in [1.165, 1.54) is 0 Å². The van der Waals surface area contributed by atoms with Crippen LogP contribution in [0.4, 0.5) is 0 Å². The fourth-order valence-corrected chi connectivity index (χ4v) is 3.01. The fourth-order valence-electron chi connectivity index (χ4n) is 1.97. The van der Waals surface area contributed by atoms with Crippen molar-refractivity contribution in [3.8, 4) is 5.75 Å². The summed E-state index contributed by atoms with van der Waals surface area (Å²) < 4.78 is 5.12. The van der Waals surface area contributed by atoms with Crippen molar-refractivity contribution in [3.05, 3.63) is 44.9 Å². The third-order valence-electron chi connectivity index (χ3n) is 3.03. The van der Waals surface area contributed by atoms with Gasteiger partial charge in [-0.2, -0.15) is 0 Å². The summed E-state index contributed by atoms with van der Waals surface area (Å²) in [5.41, 5.74) is 2.00. The number of halogens is 1. The summed E-state index contributed by atoms with van der Waals surface area (Å²) in [5, 5.41) is 3.62. The van der Waals surface area contributed by atoms with Crippen LogP contribution < -0.4 is 4.74 Å². The van der Waals surface area contributed by atoms with Crippen LogP contribution in [0.3, 0.4) is 0 Å². The summed E-state index contributed by atoms with van der Waals surface area (Å²) in [7, 11) is 1.58. The smallest absolute Gasteiger partial charge is 0.210 e. The Morgan fingerprint density at radius 3 is 2.86 bits per heavy atom. The molecule has 1 aromatic heterocycles. The topological polar surface area (TPSA) is 42.4 Å². The lowest BCUT2D eigenvalue weighted by molar-refractivity contribution is -0.118. The summed E-state index contributed by atoms with van der Waals surface area (Å²) in [6.45, 7) is 3.13. The Balaban J connectivity index is 1.95. The van der Waals surface area contributed by atoms with Crippen molar-refractivity contribution in [1.29, 1.82) is 0 Å². The first-order chi connectivity index (χ1) is 10.1. The van der Waals surface area contributed by atoms with E-state index in [4.69, 9.17) is 16.3 Å². The minimum atomic E-state index is 0.525. The third kappa shape index (κ3) is 4.44. The zero-order valence-corrected chi connectivity index (χ0v) is 13.6. The van der Waals surface area contributed by atoms with Gasteiger partial charge in [0.25, 0.3) is 0 Å². The molecule has 0 aliphatic carbocycles. The lowest BCUT2D eigenvalue weighted by Crippen LogP contribution is -2.24. The lowest BCUT2D eigenvalue weighted by Gasteiger charge is -2.17. The second kappa shape index (κ2) is 7.43. The predicted octanol–water partition coefficient (Wildman–Crippen LogP) is 3.31. The molecule has 21 heavy (non-hydrogen) atoms. The number of thiazole rings is 1. The second-order valence-electron chi connectivity index (χ2n) is 4.68. The van der Waals surface area contributed by atoms with Gasteiger partial charge in [-0.05, 0) is 24.6 Å². The van der Waals surface area contributed by atoms with Gasteiger partial charge in [-0.25, -0.2) is 4.98 Å². The van der Waals surface area contributed by atoms with Crippen molar-refractivity contribution in [2.75, 3.05) is 13.7 Å². The molecule has 2 aromatic rings. The van der Waals surface area contributed by atoms with E-state index in [1.54, 1.807) is 23.3 Å². The highest BCUT2D eigenvalue weighted by molar-refractivity contribution is 7.09. The van der Waals surface area contributed by atoms with Crippen LogP contribution in [0.2, 0.25) is 5.02 Å². The van der Waals surface area contributed by atoms with E-state index in [-0.39, 0.29) is 0 Å². The molecule has 0 radical (unpaired) electrons. The molecular weight excluding hydrogens is 308 g/mol. The number of aromatic nitrogens is 1. The number of amides is 1. The summed E-state index contributed by atoms with van der Waals surface area (Å²) in [4.78, 5) is 17.3. The van der Waals surface area contributed by atoms with Crippen LogP contribution in [0.15, 0.2) is 23.6 Å². The van der Waals surface area contributed by atoms with Crippen LogP contribution in [-0.2, 0) is 17.8 Å². The molecule has 0 saturated heterocycles. The zero-order valence-electron chi connectivity index (χ0n) is 12.0. The Labute approximate surface area is 133 Å². The quantitative estimate of drug-likeness (QED) is 0.734. The van der Waals surface area contributed by atoms with E-state index in [2.05, 4.69) is 4.98 Å². The van der Waals surface area contributed by atoms with Crippen molar-refractivity contribution in [2.45, 2.75) is 19.9 Å². The van der Waals surface area contributed by atoms with Gasteiger partial charge in [0.2, 0.25) is 6.41 Å². The number of carbonyl (C=O) groups is 1. The highest BCUT2D eigenvalue weighted by Crippen LogP contribution is 2.25. The zero-order chi connectivity index (χ0) is 15.2. The summed E-state index contributed by atoms with van der Waals surface area (Å²) in [6.07, 6.45) is 1.62. The maximum Gasteiger partial charge on any atom is 0.210 e. The Hall–Kier alpha value is -1.59. The SMILES string of the molecule is COc1ccc(CN(C=O)CCc2nc(C)cs2)cc1Cl. The standard InChI is InChI=1S/C15H17ClN2O2S/c1-11-9-21-15(17-11)5-6-18(10-19)8-12-3-4-14(20-2)13(16)7-12/h3-4,7,9-10H,5-6,8H2,1-2H3. The molecule has 0 N–H and O–H groups in total. The Morgan fingerprint density at radius 1 is 1.48 bits per heavy atom. The molecule has 1 heterocycles. The molecule has 0 bridgehead atoms. The van der Waals surface area contributed by atoms with Gasteiger partial charge >= 0.3 is 0 Å². The average Bonchev–Trinajstić information content (AvgIpc) is 2.89. The van der Waals surface area contributed by atoms with Crippen molar-refractivity contribution in [2.24, 2.45) is 0 Å². The fraction of sp³-hybridized carbons (Fsp3) is 0.333. The maximum atomic E-state index is 11.2. The van der Waals surface area contributed by atoms with E-state index >= 15 is 0 Å². The average molecular weight is 325 g/mol. The van der Waals surface area contributed by atoms with Crippen LogP contribution >= 0.6 is 22.9 Å². The van der Waals surface area contributed by atoms with Gasteiger partial charge in [0.15, 0.2) is 0 Å². The Morgan fingerprint density at radius 2 is 2.29 bits per heavy atom. The maximum absolute atomic E-state index is 11.2. The summed E-state index contributed by atoms with van der Waals surface area (Å²) in [5.74, 6) is 0.635. The largest absolute Gasteiger partial charge is 0.495 e. The number of benzene rings is 1. The van der Waals surface area contributed by atoms with Gasteiger partial charge in [-0.15, -0.1) is 11.3 Å². The number of hydrogen-bond donors (Lipinski definition) is 0. The highest BCUT2D eigenvalue weighted by Gasteiger charge is 2.08. The number of carbonyl (C=O) groups excluding carboxylic acids is 1. The van der Waals surface area contributed by atoms with E-state index in [0.717, 1.165) is 29.1 Å². The van der Waals surface area contributed by atoms with Crippen molar-refractivity contribution in [1.82, 2.24) is 9.88 Å². The van der Waals surface area contributed by atoms with Crippen molar-refractivity contribution < 1.29 is 9.53 Å². The predicted molar refractivity (Wildman–Crippen MR) is 85.0 cm³/mol.